The van der Waals surface area contributed by atoms with Gasteiger partial charge in [0, 0.05) is 43.8 Å². The summed E-state index contributed by atoms with van der Waals surface area (Å²) in [6, 6.07) is 3.99. The van der Waals surface area contributed by atoms with Gasteiger partial charge in [0.2, 0.25) is 0 Å². The zero-order valence-electron chi connectivity index (χ0n) is 21.3. The van der Waals surface area contributed by atoms with Gasteiger partial charge in [-0.05, 0) is 45.4 Å². The standard InChI is InChI=1S/C25H35F3N4O3S/c1-5-6-7-14-34-21-9-8-18(15-20(21)25(26,27)28)29-22-30-19(17-36-22)16-31-10-12-32(13-11-31)23(33)35-24(2,3)4/h8-9,15,17H,5-7,10-14,16H2,1-4H3,(H,29,30). The number of ether oxygens (including phenoxy) is 2. The molecule has 0 spiro atoms. The third-order valence-electron chi connectivity index (χ3n) is 5.50. The Kier molecular flexibility index (Phi) is 9.46. The van der Waals surface area contributed by atoms with Crippen LogP contribution in [0.2, 0.25) is 0 Å². The molecule has 0 atom stereocenters. The summed E-state index contributed by atoms with van der Waals surface area (Å²) in [6.07, 6.45) is -2.24. The molecule has 0 aliphatic carbocycles. The molecular weight excluding hydrogens is 493 g/mol. The smallest absolute Gasteiger partial charge is 0.420 e. The molecule has 3 rings (SSSR count). The molecule has 1 aliphatic heterocycles. The highest BCUT2D eigenvalue weighted by atomic mass is 32.1. The van der Waals surface area contributed by atoms with Crippen LogP contribution in [0.1, 0.15) is 58.2 Å². The van der Waals surface area contributed by atoms with Crippen molar-refractivity contribution in [3.8, 4) is 5.75 Å². The molecule has 1 aromatic heterocycles. The predicted octanol–water partition coefficient (Wildman–Crippen LogP) is 6.53. The first-order chi connectivity index (χ1) is 16.9. The van der Waals surface area contributed by atoms with Crippen LogP contribution in [0.15, 0.2) is 23.6 Å². The summed E-state index contributed by atoms with van der Waals surface area (Å²) in [4.78, 5) is 20.6. The van der Waals surface area contributed by atoms with Crippen LogP contribution in [0.3, 0.4) is 0 Å². The van der Waals surface area contributed by atoms with E-state index in [-0.39, 0.29) is 18.4 Å². The number of halogens is 3. The predicted molar refractivity (Wildman–Crippen MR) is 135 cm³/mol. The number of anilines is 2. The largest absolute Gasteiger partial charge is 0.493 e. The number of nitrogens with one attached hydrogen (secondary N) is 1. The van der Waals surface area contributed by atoms with Crippen molar-refractivity contribution in [1.82, 2.24) is 14.8 Å². The topological polar surface area (TPSA) is 66.9 Å². The number of alkyl halides is 3. The molecular formula is C25H35F3N4O3S. The van der Waals surface area contributed by atoms with Crippen molar-refractivity contribution >= 4 is 28.2 Å². The Bertz CT molecular complexity index is 999. The molecule has 0 unspecified atom stereocenters. The number of amides is 1. The van der Waals surface area contributed by atoms with E-state index in [9.17, 15) is 18.0 Å². The summed E-state index contributed by atoms with van der Waals surface area (Å²) in [5, 5.41) is 5.39. The van der Waals surface area contributed by atoms with Crippen molar-refractivity contribution in [1.29, 1.82) is 0 Å². The lowest BCUT2D eigenvalue weighted by Gasteiger charge is -2.35. The molecule has 2 heterocycles. The van der Waals surface area contributed by atoms with Crippen molar-refractivity contribution in [3.05, 3.63) is 34.8 Å². The molecule has 7 nitrogen and oxygen atoms in total. The molecule has 0 radical (unpaired) electrons. The highest BCUT2D eigenvalue weighted by molar-refractivity contribution is 7.13. The van der Waals surface area contributed by atoms with E-state index in [0.717, 1.165) is 24.6 Å². The Morgan fingerprint density at radius 2 is 1.86 bits per heavy atom. The lowest BCUT2D eigenvalue weighted by molar-refractivity contribution is -0.138. The molecule has 1 N–H and O–H groups in total. The van der Waals surface area contributed by atoms with Gasteiger partial charge in [-0.25, -0.2) is 9.78 Å². The summed E-state index contributed by atoms with van der Waals surface area (Å²) in [6.45, 7) is 10.9. The van der Waals surface area contributed by atoms with Crippen LogP contribution in [0.4, 0.5) is 28.8 Å². The van der Waals surface area contributed by atoms with Crippen molar-refractivity contribution in [3.63, 3.8) is 0 Å². The number of hydrogen-bond acceptors (Lipinski definition) is 7. The summed E-state index contributed by atoms with van der Waals surface area (Å²) < 4.78 is 51.7. The number of carbonyl (C=O) groups excluding carboxylic acids is 1. The number of benzene rings is 1. The van der Waals surface area contributed by atoms with Crippen LogP contribution in [0, 0.1) is 0 Å². The van der Waals surface area contributed by atoms with Crippen LogP contribution in [-0.4, -0.2) is 59.3 Å². The van der Waals surface area contributed by atoms with E-state index in [1.807, 2.05) is 33.1 Å². The van der Waals surface area contributed by atoms with Gasteiger partial charge < -0.3 is 19.7 Å². The Labute approximate surface area is 214 Å². The van der Waals surface area contributed by atoms with E-state index in [0.29, 0.717) is 50.0 Å². The zero-order valence-corrected chi connectivity index (χ0v) is 22.1. The number of rotatable bonds is 9. The fourth-order valence-electron chi connectivity index (χ4n) is 3.69. The van der Waals surface area contributed by atoms with Gasteiger partial charge in [0.05, 0.1) is 17.9 Å². The average Bonchev–Trinajstić information content (AvgIpc) is 3.22. The third-order valence-corrected chi connectivity index (χ3v) is 6.31. The van der Waals surface area contributed by atoms with Gasteiger partial charge in [0.25, 0.3) is 0 Å². The van der Waals surface area contributed by atoms with Gasteiger partial charge in [-0.3, -0.25) is 4.90 Å². The lowest BCUT2D eigenvalue weighted by atomic mass is 10.1. The Morgan fingerprint density at radius 3 is 2.50 bits per heavy atom. The van der Waals surface area contributed by atoms with Gasteiger partial charge >= 0.3 is 12.3 Å². The van der Waals surface area contributed by atoms with E-state index in [1.165, 1.54) is 17.4 Å². The monoisotopic (exact) mass is 528 g/mol. The molecule has 200 valence electrons. The maximum atomic E-state index is 13.6. The minimum atomic E-state index is -4.52. The second-order valence-electron chi connectivity index (χ2n) is 9.78. The van der Waals surface area contributed by atoms with Crippen LogP contribution >= 0.6 is 11.3 Å². The number of aromatic nitrogens is 1. The highest BCUT2D eigenvalue weighted by Crippen LogP contribution is 2.38. The Hall–Kier alpha value is -2.53. The minimum absolute atomic E-state index is 0.158. The zero-order chi connectivity index (χ0) is 26.3. The average molecular weight is 529 g/mol. The normalized spacial score (nSPS) is 15.1. The van der Waals surface area contributed by atoms with E-state index < -0.39 is 17.3 Å². The van der Waals surface area contributed by atoms with Crippen LogP contribution in [-0.2, 0) is 17.5 Å². The molecule has 1 amide bonds. The Morgan fingerprint density at radius 1 is 1.14 bits per heavy atom. The first-order valence-corrected chi connectivity index (χ1v) is 13.1. The quantitative estimate of drug-likeness (QED) is 0.374. The molecule has 2 aromatic rings. The summed E-state index contributed by atoms with van der Waals surface area (Å²) in [5.74, 6) is -0.158. The van der Waals surface area contributed by atoms with Crippen molar-refractivity contribution in [2.45, 2.75) is 65.3 Å². The number of nitrogens with zero attached hydrogens (tertiary/aromatic N) is 3. The van der Waals surface area contributed by atoms with Crippen molar-refractivity contribution < 1.29 is 27.4 Å². The molecule has 36 heavy (non-hydrogen) atoms. The fourth-order valence-corrected chi connectivity index (χ4v) is 4.42. The second kappa shape index (κ2) is 12.1. The highest BCUT2D eigenvalue weighted by Gasteiger charge is 2.35. The molecule has 1 aliphatic rings. The van der Waals surface area contributed by atoms with E-state index in [1.54, 1.807) is 11.0 Å². The van der Waals surface area contributed by atoms with Crippen LogP contribution in [0.25, 0.3) is 0 Å². The van der Waals surface area contributed by atoms with Crippen molar-refractivity contribution in [2.24, 2.45) is 0 Å². The summed E-state index contributed by atoms with van der Waals surface area (Å²) in [7, 11) is 0. The van der Waals surface area contributed by atoms with Crippen LogP contribution in [0.5, 0.6) is 5.75 Å². The second-order valence-corrected chi connectivity index (χ2v) is 10.6. The van der Waals surface area contributed by atoms with Gasteiger partial charge in [-0.1, -0.05) is 19.8 Å². The summed E-state index contributed by atoms with van der Waals surface area (Å²) in [5.41, 5.74) is -0.208. The number of unbranched alkanes of at least 4 members (excludes halogenated alkanes) is 2. The molecule has 1 fully saturated rings. The number of hydrogen-bond donors (Lipinski definition) is 1. The number of piperazine rings is 1. The minimum Gasteiger partial charge on any atom is -0.493 e. The third kappa shape index (κ3) is 8.55. The van der Waals surface area contributed by atoms with E-state index in [2.05, 4.69) is 15.2 Å². The summed E-state index contributed by atoms with van der Waals surface area (Å²) >= 11 is 1.34. The maximum Gasteiger partial charge on any atom is 0.420 e. The van der Waals surface area contributed by atoms with Gasteiger partial charge in [0.1, 0.15) is 11.4 Å². The molecule has 1 aromatic carbocycles. The maximum absolute atomic E-state index is 13.6. The van der Waals surface area contributed by atoms with Crippen LogP contribution < -0.4 is 10.1 Å². The molecule has 1 saturated heterocycles. The number of thiazole rings is 1. The van der Waals surface area contributed by atoms with Gasteiger partial charge in [-0.15, -0.1) is 11.3 Å². The number of carbonyl (C=O) groups is 1. The fraction of sp³-hybridized carbons (Fsp3) is 0.600. The van der Waals surface area contributed by atoms with E-state index >= 15 is 0 Å². The first-order valence-electron chi connectivity index (χ1n) is 12.2. The van der Waals surface area contributed by atoms with Crippen molar-refractivity contribution in [2.75, 3.05) is 38.1 Å². The lowest BCUT2D eigenvalue weighted by Crippen LogP contribution is -2.49. The first kappa shape index (κ1) is 28.0. The van der Waals surface area contributed by atoms with Gasteiger partial charge in [-0.2, -0.15) is 13.2 Å². The SMILES string of the molecule is CCCCCOc1ccc(Nc2nc(CN3CCN(C(=O)OC(C)(C)C)CC3)cs2)cc1C(F)(F)F. The van der Waals surface area contributed by atoms with Gasteiger partial charge in [0.15, 0.2) is 5.13 Å². The van der Waals surface area contributed by atoms with E-state index in [4.69, 9.17) is 9.47 Å². The molecule has 11 heteroatoms. The molecule has 0 bridgehead atoms. The molecule has 0 saturated carbocycles. The Balaban J connectivity index is 1.55.